The summed E-state index contributed by atoms with van der Waals surface area (Å²) >= 11 is 0. The molecule has 8 nitrogen and oxygen atoms in total. The average Bonchev–Trinajstić information content (AvgIpc) is 2.87. The molecule has 1 aliphatic heterocycles. The molecule has 2 aromatic rings. The van der Waals surface area contributed by atoms with Crippen LogP contribution >= 0.6 is 0 Å². The van der Waals surface area contributed by atoms with Gasteiger partial charge in [-0.25, -0.2) is 4.39 Å². The lowest BCUT2D eigenvalue weighted by molar-refractivity contribution is -0.142. The molecule has 9 heteroatoms. The van der Waals surface area contributed by atoms with E-state index in [4.69, 9.17) is 9.47 Å². The molecule has 0 bridgehead atoms. The molecule has 1 fully saturated rings. The minimum Gasteiger partial charge on any atom is -0.483 e. The van der Waals surface area contributed by atoms with Crippen LogP contribution < -0.4 is 15.4 Å². The highest BCUT2D eigenvalue weighted by Gasteiger charge is 2.41. The van der Waals surface area contributed by atoms with Crippen molar-refractivity contribution in [3.8, 4) is 5.75 Å². The van der Waals surface area contributed by atoms with Gasteiger partial charge >= 0.3 is 5.97 Å². The van der Waals surface area contributed by atoms with Crippen LogP contribution in [0.15, 0.2) is 48.5 Å². The molecule has 38 heavy (non-hydrogen) atoms. The summed E-state index contributed by atoms with van der Waals surface area (Å²) in [6.07, 6.45) is 1.81. The molecule has 1 unspecified atom stereocenters. The van der Waals surface area contributed by atoms with E-state index in [0.29, 0.717) is 13.0 Å². The number of aliphatic carboxylic acids is 1. The van der Waals surface area contributed by atoms with Gasteiger partial charge in [-0.3, -0.25) is 19.7 Å². The molecule has 2 aromatic carbocycles. The zero-order valence-electron chi connectivity index (χ0n) is 22.4. The van der Waals surface area contributed by atoms with Crippen molar-refractivity contribution < 1.29 is 33.4 Å². The van der Waals surface area contributed by atoms with Crippen molar-refractivity contribution in [3.05, 3.63) is 65.5 Å². The molecule has 0 spiro atoms. The Labute approximate surface area is 222 Å². The summed E-state index contributed by atoms with van der Waals surface area (Å²) in [7, 11) is 0. The molecule has 0 saturated carbocycles. The van der Waals surface area contributed by atoms with Gasteiger partial charge in [0.25, 0.3) is 0 Å². The van der Waals surface area contributed by atoms with Crippen LogP contribution in [0, 0.1) is 5.82 Å². The van der Waals surface area contributed by atoms with Gasteiger partial charge in [0.05, 0.1) is 12.5 Å². The Morgan fingerprint density at radius 2 is 1.79 bits per heavy atom. The molecule has 3 rings (SSSR count). The van der Waals surface area contributed by atoms with E-state index in [-0.39, 0.29) is 11.2 Å². The fourth-order valence-electron chi connectivity index (χ4n) is 4.63. The maximum absolute atomic E-state index is 13.8. The van der Waals surface area contributed by atoms with Gasteiger partial charge in [-0.1, -0.05) is 57.2 Å². The number of carboxylic acids is 1. The lowest BCUT2D eigenvalue weighted by Gasteiger charge is -2.43. The summed E-state index contributed by atoms with van der Waals surface area (Å²) in [6, 6.07) is 11.4. The van der Waals surface area contributed by atoms with Crippen molar-refractivity contribution in [2.45, 2.75) is 76.6 Å². The fourth-order valence-corrected chi connectivity index (χ4v) is 4.63. The standard InChI is InChI=1S/C29H37FN2O6/c1-19(32-29(15-9-10-16-38-29)21-12-6-5-11-20(21)28(2,3)4)27(36)31-23(17-26(34)35)24(33)18-37-25-14-8-7-13-22(25)30/h5-8,11-14,19,23,32H,9-10,15-18H2,1-4H3,(H,31,36)(H,34,35)/t19-,23-,29?/m0/s1. The van der Waals surface area contributed by atoms with E-state index < -0.39 is 54.3 Å². The van der Waals surface area contributed by atoms with E-state index in [9.17, 15) is 23.9 Å². The summed E-state index contributed by atoms with van der Waals surface area (Å²) in [5.41, 5.74) is 0.947. The van der Waals surface area contributed by atoms with Gasteiger partial charge in [0, 0.05) is 12.2 Å². The smallest absolute Gasteiger partial charge is 0.305 e. The number of Topliss-reactive ketones (excluding diaryl/α,β-unsaturated/α-hetero) is 1. The van der Waals surface area contributed by atoms with E-state index in [1.165, 1.54) is 18.2 Å². The second-order valence-electron chi connectivity index (χ2n) is 10.6. The van der Waals surface area contributed by atoms with Crippen LogP contribution in [0.3, 0.4) is 0 Å². The Balaban J connectivity index is 1.77. The van der Waals surface area contributed by atoms with Crippen LogP contribution in [-0.2, 0) is 30.3 Å². The highest BCUT2D eigenvalue weighted by molar-refractivity contribution is 5.94. The number of nitrogens with one attached hydrogen (secondary N) is 2. The highest BCUT2D eigenvalue weighted by Crippen LogP contribution is 2.39. The summed E-state index contributed by atoms with van der Waals surface area (Å²) in [4.78, 5) is 37.4. The third kappa shape index (κ3) is 7.39. The third-order valence-electron chi connectivity index (χ3n) is 6.58. The Morgan fingerprint density at radius 1 is 1.11 bits per heavy atom. The van der Waals surface area contributed by atoms with Crippen molar-refractivity contribution in [2.24, 2.45) is 0 Å². The van der Waals surface area contributed by atoms with Gasteiger partial charge in [-0.05, 0) is 49.3 Å². The number of benzene rings is 2. The van der Waals surface area contributed by atoms with E-state index >= 15 is 0 Å². The van der Waals surface area contributed by atoms with Gasteiger partial charge in [0.2, 0.25) is 5.91 Å². The zero-order valence-corrected chi connectivity index (χ0v) is 22.4. The Hall–Kier alpha value is -3.30. The van der Waals surface area contributed by atoms with Gasteiger partial charge in [0.1, 0.15) is 18.4 Å². The Morgan fingerprint density at radius 3 is 2.42 bits per heavy atom. The molecule has 3 N–H and O–H groups in total. The topological polar surface area (TPSA) is 114 Å². The first-order valence-electron chi connectivity index (χ1n) is 12.9. The van der Waals surface area contributed by atoms with Crippen molar-refractivity contribution in [1.29, 1.82) is 0 Å². The van der Waals surface area contributed by atoms with Crippen molar-refractivity contribution in [3.63, 3.8) is 0 Å². The fraction of sp³-hybridized carbons (Fsp3) is 0.483. The molecule has 0 radical (unpaired) electrons. The number of carboxylic acid groups (broad SMARTS) is 1. The van der Waals surface area contributed by atoms with Gasteiger partial charge in [0.15, 0.2) is 17.3 Å². The molecule has 1 heterocycles. The van der Waals surface area contributed by atoms with E-state index in [1.807, 2.05) is 18.2 Å². The lowest BCUT2D eigenvalue weighted by Crippen LogP contribution is -2.57. The summed E-state index contributed by atoms with van der Waals surface area (Å²) in [6.45, 7) is 7.92. The number of amides is 1. The van der Waals surface area contributed by atoms with Crippen molar-refractivity contribution >= 4 is 17.7 Å². The maximum Gasteiger partial charge on any atom is 0.305 e. The molecule has 1 amide bonds. The van der Waals surface area contributed by atoms with Crippen molar-refractivity contribution in [2.75, 3.05) is 13.2 Å². The van der Waals surface area contributed by atoms with E-state index in [1.54, 1.807) is 13.0 Å². The number of para-hydroxylation sites is 1. The molecule has 1 saturated heterocycles. The summed E-state index contributed by atoms with van der Waals surface area (Å²) < 4.78 is 25.4. The Kier molecular flexibility index (Phi) is 9.62. The molecular formula is C29H37FN2O6. The zero-order chi connectivity index (χ0) is 27.9. The van der Waals surface area contributed by atoms with Crippen LogP contribution in [0.1, 0.15) is 64.5 Å². The number of hydrogen-bond acceptors (Lipinski definition) is 6. The second-order valence-corrected chi connectivity index (χ2v) is 10.6. The van der Waals surface area contributed by atoms with Crippen LogP contribution in [0.25, 0.3) is 0 Å². The van der Waals surface area contributed by atoms with Gasteiger partial charge in [-0.15, -0.1) is 0 Å². The van der Waals surface area contributed by atoms with Crippen LogP contribution in [0.4, 0.5) is 4.39 Å². The van der Waals surface area contributed by atoms with E-state index in [0.717, 1.165) is 24.0 Å². The van der Waals surface area contributed by atoms with E-state index in [2.05, 4.69) is 37.5 Å². The molecular weight excluding hydrogens is 491 g/mol. The van der Waals surface area contributed by atoms with Crippen molar-refractivity contribution in [1.82, 2.24) is 10.6 Å². The van der Waals surface area contributed by atoms with Crippen LogP contribution in [0.5, 0.6) is 5.75 Å². The van der Waals surface area contributed by atoms with Crippen LogP contribution in [0.2, 0.25) is 0 Å². The van der Waals surface area contributed by atoms with Gasteiger partial charge in [-0.2, -0.15) is 0 Å². The summed E-state index contributed by atoms with van der Waals surface area (Å²) in [5, 5.41) is 15.2. The number of hydrogen-bond donors (Lipinski definition) is 3. The minimum atomic E-state index is -1.35. The van der Waals surface area contributed by atoms with Crippen LogP contribution in [-0.4, -0.2) is 48.1 Å². The molecule has 0 aromatic heterocycles. The number of ether oxygens (including phenoxy) is 2. The van der Waals surface area contributed by atoms with Gasteiger partial charge < -0.3 is 19.9 Å². The first-order valence-corrected chi connectivity index (χ1v) is 12.9. The lowest BCUT2D eigenvalue weighted by atomic mass is 9.79. The number of ketones is 1. The number of carbonyl (C=O) groups is 3. The predicted molar refractivity (Wildman–Crippen MR) is 140 cm³/mol. The highest BCUT2D eigenvalue weighted by atomic mass is 19.1. The summed E-state index contributed by atoms with van der Waals surface area (Å²) in [5.74, 6) is -3.29. The number of halogens is 1. The first-order chi connectivity index (χ1) is 17.9. The predicted octanol–water partition coefficient (Wildman–Crippen LogP) is 4.06. The number of carbonyl (C=O) groups excluding carboxylic acids is 2. The molecule has 1 aliphatic rings. The second kappa shape index (κ2) is 12.5. The Bertz CT molecular complexity index is 1140. The molecule has 3 atom stereocenters. The number of rotatable bonds is 11. The quantitative estimate of drug-likeness (QED) is 0.403. The average molecular weight is 529 g/mol. The maximum atomic E-state index is 13.8. The largest absolute Gasteiger partial charge is 0.483 e. The first kappa shape index (κ1) is 29.3. The SMILES string of the molecule is C[C@H](NC1(c2ccccc2C(C)(C)C)CCCCO1)C(=O)N[C@@H](CC(=O)O)C(=O)COc1ccccc1F. The minimum absolute atomic E-state index is 0.134. The normalized spacial score (nSPS) is 19.3. The molecule has 0 aliphatic carbocycles. The molecule has 206 valence electrons. The third-order valence-corrected chi connectivity index (χ3v) is 6.58. The monoisotopic (exact) mass is 528 g/mol.